The van der Waals surface area contributed by atoms with Crippen LogP contribution in [0.5, 0.6) is 0 Å². The molecule has 0 spiro atoms. The van der Waals surface area contributed by atoms with Crippen LogP contribution < -0.4 is 0 Å². The second-order valence-electron chi connectivity index (χ2n) is 3.51. The molecule has 0 atom stereocenters. The Kier molecular flexibility index (Phi) is 2.62. The summed E-state index contributed by atoms with van der Waals surface area (Å²) in [6.45, 7) is 0.280. The minimum atomic E-state index is -1.28. The first kappa shape index (κ1) is 10.0. The number of nitrogens with zero attached hydrogens (tertiary/aromatic N) is 1. The van der Waals surface area contributed by atoms with Crippen LogP contribution >= 0.6 is 0 Å². The van der Waals surface area contributed by atoms with Crippen LogP contribution in [0.3, 0.4) is 0 Å². The molecule has 2 rings (SSSR count). The van der Waals surface area contributed by atoms with Crippen LogP contribution in [0.15, 0.2) is 12.3 Å². The van der Waals surface area contributed by atoms with Gasteiger partial charge in [-0.15, -0.1) is 0 Å². The van der Waals surface area contributed by atoms with E-state index in [9.17, 15) is 13.6 Å². The molecule has 0 aromatic carbocycles. The molecule has 1 aliphatic rings. The predicted octanol–water partition coefficient (Wildman–Crippen LogP) is 1.93. The first-order chi connectivity index (χ1) is 7.18. The molecule has 0 bridgehead atoms. The highest BCUT2D eigenvalue weighted by atomic mass is 19.2. The van der Waals surface area contributed by atoms with Crippen molar-refractivity contribution in [3.05, 3.63) is 29.6 Å². The number of halogens is 2. The molecule has 0 unspecified atom stereocenters. The van der Waals surface area contributed by atoms with Crippen LogP contribution in [0, 0.1) is 17.7 Å². The SMILES string of the molecule is O=C(OCC1CC1)c1ccnc(F)c1F. The summed E-state index contributed by atoms with van der Waals surface area (Å²) >= 11 is 0. The van der Waals surface area contributed by atoms with E-state index in [4.69, 9.17) is 4.74 Å². The maximum Gasteiger partial charge on any atom is 0.341 e. The Morgan fingerprint density at radius 3 is 2.93 bits per heavy atom. The maximum absolute atomic E-state index is 13.1. The van der Waals surface area contributed by atoms with Gasteiger partial charge in [0.1, 0.15) is 5.56 Å². The maximum atomic E-state index is 13.1. The number of hydrogen-bond donors (Lipinski definition) is 0. The van der Waals surface area contributed by atoms with E-state index in [2.05, 4.69) is 4.98 Å². The van der Waals surface area contributed by atoms with E-state index in [0.29, 0.717) is 5.92 Å². The molecule has 1 heterocycles. The molecule has 15 heavy (non-hydrogen) atoms. The average Bonchev–Trinajstić information content (AvgIpc) is 3.02. The van der Waals surface area contributed by atoms with Gasteiger partial charge in [-0.3, -0.25) is 0 Å². The van der Waals surface area contributed by atoms with Gasteiger partial charge >= 0.3 is 5.97 Å². The zero-order valence-electron chi connectivity index (χ0n) is 7.87. The first-order valence-corrected chi connectivity index (χ1v) is 4.65. The van der Waals surface area contributed by atoms with Gasteiger partial charge in [0.25, 0.3) is 0 Å². The van der Waals surface area contributed by atoms with E-state index in [1.54, 1.807) is 0 Å². The highest BCUT2D eigenvalue weighted by Gasteiger charge is 2.24. The van der Waals surface area contributed by atoms with Crippen molar-refractivity contribution in [1.29, 1.82) is 0 Å². The average molecular weight is 213 g/mol. The van der Waals surface area contributed by atoms with Gasteiger partial charge in [-0.05, 0) is 24.8 Å². The second kappa shape index (κ2) is 3.92. The Bertz CT molecular complexity index is 391. The third-order valence-electron chi connectivity index (χ3n) is 2.21. The van der Waals surface area contributed by atoms with Crippen molar-refractivity contribution in [2.45, 2.75) is 12.8 Å². The summed E-state index contributed by atoms with van der Waals surface area (Å²) in [6.07, 6.45) is 3.09. The van der Waals surface area contributed by atoms with Gasteiger partial charge in [0.15, 0.2) is 5.82 Å². The fraction of sp³-hybridized carbons (Fsp3) is 0.400. The van der Waals surface area contributed by atoms with Crippen LogP contribution in [0.2, 0.25) is 0 Å². The van der Waals surface area contributed by atoms with Gasteiger partial charge in [0.05, 0.1) is 6.61 Å². The molecule has 5 heteroatoms. The van der Waals surface area contributed by atoms with Crippen molar-refractivity contribution < 1.29 is 18.3 Å². The lowest BCUT2D eigenvalue weighted by Crippen LogP contribution is -2.11. The van der Waals surface area contributed by atoms with Crippen molar-refractivity contribution in [3.8, 4) is 0 Å². The molecule has 0 N–H and O–H groups in total. The number of rotatable bonds is 3. The Balaban J connectivity index is 2.06. The molecule has 80 valence electrons. The Morgan fingerprint density at radius 1 is 1.53 bits per heavy atom. The summed E-state index contributed by atoms with van der Waals surface area (Å²) in [6, 6.07) is 1.10. The molecule has 0 amide bonds. The predicted molar refractivity (Wildman–Crippen MR) is 47.2 cm³/mol. The van der Waals surface area contributed by atoms with E-state index in [-0.39, 0.29) is 6.61 Å². The van der Waals surface area contributed by atoms with E-state index >= 15 is 0 Å². The van der Waals surface area contributed by atoms with E-state index in [1.807, 2.05) is 0 Å². The van der Waals surface area contributed by atoms with Gasteiger partial charge in [0, 0.05) is 6.20 Å². The molecule has 0 saturated heterocycles. The largest absolute Gasteiger partial charge is 0.462 e. The monoisotopic (exact) mass is 213 g/mol. The van der Waals surface area contributed by atoms with Crippen LogP contribution in [0.1, 0.15) is 23.2 Å². The Morgan fingerprint density at radius 2 is 2.27 bits per heavy atom. The summed E-state index contributed by atoms with van der Waals surface area (Å²) in [4.78, 5) is 14.4. The minimum absolute atomic E-state index is 0.280. The van der Waals surface area contributed by atoms with Crippen LogP contribution in [0.4, 0.5) is 8.78 Å². The molecule has 1 aliphatic carbocycles. The fourth-order valence-electron chi connectivity index (χ4n) is 1.13. The second-order valence-corrected chi connectivity index (χ2v) is 3.51. The lowest BCUT2D eigenvalue weighted by molar-refractivity contribution is 0.0479. The fourth-order valence-corrected chi connectivity index (χ4v) is 1.13. The smallest absolute Gasteiger partial charge is 0.341 e. The van der Waals surface area contributed by atoms with Crippen molar-refractivity contribution in [2.24, 2.45) is 5.92 Å². The third-order valence-corrected chi connectivity index (χ3v) is 2.21. The number of ether oxygens (including phenoxy) is 1. The normalized spacial score (nSPS) is 15.1. The number of aromatic nitrogens is 1. The zero-order valence-corrected chi connectivity index (χ0v) is 7.87. The molecule has 0 radical (unpaired) electrons. The van der Waals surface area contributed by atoms with E-state index in [0.717, 1.165) is 25.1 Å². The van der Waals surface area contributed by atoms with E-state index < -0.39 is 23.3 Å². The first-order valence-electron chi connectivity index (χ1n) is 4.65. The molecular formula is C10H9F2NO2. The van der Waals surface area contributed by atoms with E-state index in [1.165, 1.54) is 0 Å². The Labute approximate surface area is 85.1 Å². The standard InChI is InChI=1S/C10H9F2NO2/c11-8-7(3-4-13-9(8)12)10(14)15-5-6-1-2-6/h3-4,6H,1-2,5H2. The number of carbonyl (C=O) groups excluding carboxylic acids is 1. The van der Waals surface area contributed by atoms with Gasteiger partial charge in [-0.25, -0.2) is 14.2 Å². The lowest BCUT2D eigenvalue weighted by Gasteiger charge is -2.04. The zero-order chi connectivity index (χ0) is 10.8. The van der Waals surface area contributed by atoms with Crippen molar-refractivity contribution in [3.63, 3.8) is 0 Å². The minimum Gasteiger partial charge on any atom is -0.462 e. The summed E-state index contributed by atoms with van der Waals surface area (Å²) < 4.78 is 30.5. The quantitative estimate of drug-likeness (QED) is 0.568. The molecule has 1 fully saturated rings. The van der Waals surface area contributed by atoms with Gasteiger partial charge in [0.2, 0.25) is 5.95 Å². The van der Waals surface area contributed by atoms with Gasteiger partial charge in [-0.2, -0.15) is 4.39 Å². The molecule has 3 nitrogen and oxygen atoms in total. The summed E-state index contributed by atoms with van der Waals surface area (Å²) in [5.41, 5.74) is -0.400. The number of esters is 1. The summed E-state index contributed by atoms with van der Waals surface area (Å²) in [5.74, 6) is -2.97. The van der Waals surface area contributed by atoms with Crippen molar-refractivity contribution in [1.82, 2.24) is 4.98 Å². The van der Waals surface area contributed by atoms with Gasteiger partial charge < -0.3 is 4.74 Å². The lowest BCUT2D eigenvalue weighted by atomic mass is 10.2. The highest BCUT2D eigenvalue weighted by Crippen LogP contribution is 2.29. The Hall–Kier alpha value is -1.52. The topological polar surface area (TPSA) is 39.2 Å². The third kappa shape index (κ3) is 2.29. The molecule has 1 saturated carbocycles. The molecule has 1 aromatic rings. The van der Waals surface area contributed by atoms with Crippen LogP contribution in [0.25, 0.3) is 0 Å². The summed E-state index contributed by atoms with van der Waals surface area (Å²) in [5, 5.41) is 0. The number of carbonyl (C=O) groups is 1. The highest BCUT2D eigenvalue weighted by molar-refractivity contribution is 5.89. The van der Waals surface area contributed by atoms with Crippen LogP contribution in [-0.2, 0) is 4.74 Å². The molecular weight excluding hydrogens is 204 g/mol. The molecule has 0 aliphatic heterocycles. The van der Waals surface area contributed by atoms with Crippen molar-refractivity contribution in [2.75, 3.05) is 6.61 Å². The number of hydrogen-bond acceptors (Lipinski definition) is 3. The molecule has 1 aromatic heterocycles. The number of pyridine rings is 1. The summed E-state index contributed by atoms with van der Waals surface area (Å²) in [7, 11) is 0. The van der Waals surface area contributed by atoms with Gasteiger partial charge in [-0.1, -0.05) is 0 Å². The van der Waals surface area contributed by atoms with Crippen molar-refractivity contribution >= 4 is 5.97 Å². The van der Waals surface area contributed by atoms with Crippen LogP contribution in [-0.4, -0.2) is 17.6 Å².